The van der Waals surface area contributed by atoms with Crippen molar-refractivity contribution in [3.05, 3.63) is 70.8 Å². The van der Waals surface area contributed by atoms with Crippen LogP contribution in [0.3, 0.4) is 0 Å². The molecule has 6 nitrogen and oxygen atoms in total. The van der Waals surface area contributed by atoms with Gasteiger partial charge in [0.05, 0.1) is 6.10 Å². The van der Waals surface area contributed by atoms with Crippen molar-refractivity contribution in [3.8, 4) is 0 Å². The lowest BCUT2D eigenvalue weighted by Crippen LogP contribution is -2.38. The maximum atomic E-state index is 11.8. The van der Waals surface area contributed by atoms with Gasteiger partial charge in [-0.25, -0.2) is 0 Å². The molecule has 3 N–H and O–H groups in total. The second-order valence-electron chi connectivity index (χ2n) is 8.02. The SMILES string of the molecule is CCNC(=NCCCOC1CCCc2ccccc21)NCCc1cccc(C(=O)NC)c1.I. The minimum Gasteiger partial charge on any atom is -0.373 e. The Morgan fingerprint density at radius 1 is 1.15 bits per heavy atom. The third-order valence-corrected chi connectivity index (χ3v) is 5.67. The first-order valence-electron chi connectivity index (χ1n) is 11.7. The zero-order valence-electron chi connectivity index (χ0n) is 19.7. The molecule has 1 aliphatic carbocycles. The Morgan fingerprint density at radius 3 is 2.82 bits per heavy atom. The second-order valence-corrected chi connectivity index (χ2v) is 8.02. The lowest BCUT2D eigenvalue weighted by molar-refractivity contribution is 0.0403. The molecular weight excluding hydrogens is 527 g/mol. The Labute approximate surface area is 215 Å². The predicted octanol–water partition coefficient (Wildman–Crippen LogP) is 4.25. The summed E-state index contributed by atoms with van der Waals surface area (Å²) in [6, 6.07) is 16.4. The molecule has 0 saturated heterocycles. The lowest BCUT2D eigenvalue weighted by Gasteiger charge is -2.25. The van der Waals surface area contributed by atoms with E-state index in [1.165, 1.54) is 17.5 Å². The number of rotatable bonds is 10. The fourth-order valence-corrected chi connectivity index (χ4v) is 4.04. The molecule has 2 aromatic rings. The Balaban J connectivity index is 0.00000385. The highest BCUT2D eigenvalue weighted by Crippen LogP contribution is 2.32. The van der Waals surface area contributed by atoms with Gasteiger partial charge in [0.25, 0.3) is 5.91 Å². The summed E-state index contributed by atoms with van der Waals surface area (Å²) in [6.45, 7) is 5.06. The van der Waals surface area contributed by atoms with Crippen LogP contribution in [0.25, 0.3) is 0 Å². The van der Waals surface area contributed by atoms with Crippen LogP contribution in [-0.2, 0) is 17.6 Å². The number of nitrogens with zero attached hydrogens (tertiary/aromatic N) is 1. The van der Waals surface area contributed by atoms with Gasteiger partial charge in [-0.15, -0.1) is 24.0 Å². The van der Waals surface area contributed by atoms with Crippen molar-refractivity contribution in [1.29, 1.82) is 0 Å². The molecule has 3 rings (SSSR count). The number of carbonyl (C=O) groups is 1. The fraction of sp³-hybridized carbons (Fsp3) is 0.462. The van der Waals surface area contributed by atoms with Crippen LogP contribution in [0, 0.1) is 0 Å². The maximum Gasteiger partial charge on any atom is 0.251 e. The molecule has 0 bridgehead atoms. The minimum atomic E-state index is -0.0614. The zero-order chi connectivity index (χ0) is 22.6. The van der Waals surface area contributed by atoms with Gasteiger partial charge in [0.15, 0.2) is 5.96 Å². The molecule has 0 fully saturated rings. The van der Waals surface area contributed by atoms with Gasteiger partial charge in [-0.05, 0) is 67.9 Å². The number of fused-ring (bicyclic) bond motifs is 1. The first-order valence-corrected chi connectivity index (χ1v) is 11.7. The van der Waals surface area contributed by atoms with E-state index in [1.807, 2.05) is 24.3 Å². The van der Waals surface area contributed by atoms with Gasteiger partial charge < -0.3 is 20.7 Å². The van der Waals surface area contributed by atoms with Crippen LogP contribution in [0.1, 0.15) is 59.3 Å². The molecule has 33 heavy (non-hydrogen) atoms. The molecule has 1 aliphatic rings. The number of guanidine groups is 1. The average Bonchev–Trinajstić information content (AvgIpc) is 2.83. The van der Waals surface area contributed by atoms with Gasteiger partial charge >= 0.3 is 0 Å². The van der Waals surface area contributed by atoms with E-state index in [-0.39, 0.29) is 36.0 Å². The van der Waals surface area contributed by atoms with Crippen molar-refractivity contribution < 1.29 is 9.53 Å². The molecular formula is C26H37IN4O2. The second kappa shape index (κ2) is 14.9. The normalized spacial score (nSPS) is 15.2. The van der Waals surface area contributed by atoms with Crippen molar-refractivity contribution in [2.75, 3.05) is 33.3 Å². The standard InChI is InChI=1S/C26H36N4O2.HI/c1-3-28-26(30-17-15-20-9-6-12-22(19-20)25(31)27-2)29-16-8-18-32-24-14-7-11-21-10-4-5-13-23(21)24;/h4-6,9-10,12-13,19,24H,3,7-8,11,14-18H2,1-2H3,(H,27,31)(H2,28,29,30);1H. The van der Waals surface area contributed by atoms with E-state index < -0.39 is 0 Å². The van der Waals surface area contributed by atoms with Gasteiger partial charge in [0, 0.05) is 38.9 Å². The number of nitrogens with one attached hydrogen (secondary N) is 3. The first-order chi connectivity index (χ1) is 15.7. The van der Waals surface area contributed by atoms with E-state index in [0.29, 0.717) is 12.2 Å². The quantitative estimate of drug-likeness (QED) is 0.175. The molecule has 0 radical (unpaired) electrons. The highest BCUT2D eigenvalue weighted by Gasteiger charge is 2.19. The molecule has 0 saturated carbocycles. The largest absolute Gasteiger partial charge is 0.373 e. The van der Waals surface area contributed by atoms with Crippen molar-refractivity contribution in [3.63, 3.8) is 0 Å². The number of halogens is 1. The molecule has 0 aromatic heterocycles. The zero-order valence-corrected chi connectivity index (χ0v) is 22.1. The molecule has 0 heterocycles. The van der Waals surface area contributed by atoms with Gasteiger partial charge in [-0.3, -0.25) is 9.79 Å². The fourth-order valence-electron chi connectivity index (χ4n) is 4.04. The molecule has 2 aromatic carbocycles. The van der Waals surface area contributed by atoms with Gasteiger partial charge in [-0.1, -0.05) is 36.4 Å². The third-order valence-electron chi connectivity index (χ3n) is 5.67. The van der Waals surface area contributed by atoms with Crippen molar-refractivity contribution in [2.24, 2.45) is 4.99 Å². The molecule has 0 spiro atoms. The van der Waals surface area contributed by atoms with E-state index in [9.17, 15) is 4.79 Å². The summed E-state index contributed by atoms with van der Waals surface area (Å²) in [5.74, 6) is 0.756. The average molecular weight is 565 g/mol. The topological polar surface area (TPSA) is 74.8 Å². The van der Waals surface area contributed by atoms with Gasteiger partial charge in [0.1, 0.15) is 0 Å². The van der Waals surface area contributed by atoms with E-state index in [1.54, 1.807) is 7.05 Å². The number of benzene rings is 2. The lowest BCUT2D eigenvalue weighted by atomic mass is 9.89. The van der Waals surface area contributed by atoms with E-state index >= 15 is 0 Å². The summed E-state index contributed by atoms with van der Waals surface area (Å²) < 4.78 is 6.19. The number of aliphatic imine (C=N–C) groups is 1. The van der Waals surface area contributed by atoms with Crippen LogP contribution in [-0.4, -0.2) is 45.2 Å². The number of hydrogen-bond donors (Lipinski definition) is 3. The highest BCUT2D eigenvalue weighted by atomic mass is 127. The Hall–Kier alpha value is -2.13. The summed E-state index contributed by atoms with van der Waals surface area (Å²) in [4.78, 5) is 16.5. The van der Waals surface area contributed by atoms with Crippen LogP contribution < -0.4 is 16.0 Å². The van der Waals surface area contributed by atoms with E-state index in [4.69, 9.17) is 4.74 Å². The number of amides is 1. The van der Waals surface area contributed by atoms with Crippen LogP contribution in [0.2, 0.25) is 0 Å². The molecule has 180 valence electrons. The van der Waals surface area contributed by atoms with Crippen molar-refractivity contribution >= 4 is 35.8 Å². The number of aryl methyl sites for hydroxylation is 1. The van der Waals surface area contributed by atoms with E-state index in [0.717, 1.165) is 56.8 Å². The summed E-state index contributed by atoms with van der Waals surface area (Å²) in [6.07, 6.45) is 5.39. The van der Waals surface area contributed by atoms with Crippen LogP contribution in [0.5, 0.6) is 0 Å². The first kappa shape index (κ1) is 27.1. The molecule has 0 aliphatic heterocycles. The summed E-state index contributed by atoms with van der Waals surface area (Å²) in [5.41, 5.74) is 4.60. The molecule has 1 unspecified atom stereocenters. The number of hydrogen-bond acceptors (Lipinski definition) is 3. The summed E-state index contributed by atoms with van der Waals surface area (Å²) in [7, 11) is 1.65. The van der Waals surface area contributed by atoms with Crippen molar-refractivity contribution in [1.82, 2.24) is 16.0 Å². The smallest absolute Gasteiger partial charge is 0.251 e. The third kappa shape index (κ3) is 8.62. The summed E-state index contributed by atoms with van der Waals surface area (Å²) >= 11 is 0. The molecule has 1 amide bonds. The molecule has 7 heteroatoms. The van der Waals surface area contributed by atoms with Gasteiger partial charge in [0.2, 0.25) is 0 Å². The van der Waals surface area contributed by atoms with Crippen LogP contribution >= 0.6 is 24.0 Å². The molecule has 1 atom stereocenters. The predicted molar refractivity (Wildman–Crippen MR) is 146 cm³/mol. The van der Waals surface area contributed by atoms with E-state index in [2.05, 4.69) is 52.1 Å². The van der Waals surface area contributed by atoms with Crippen molar-refractivity contribution in [2.45, 2.75) is 45.1 Å². The highest BCUT2D eigenvalue weighted by molar-refractivity contribution is 14.0. The number of ether oxygens (including phenoxy) is 1. The Morgan fingerprint density at radius 2 is 2.00 bits per heavy atom. The van der Waals surface area contributed by atoms with Crippen LogP contribution in [0.15, 0.2) is 53.5 Å². The minimum absolute atomic E-state index is 0. The maximum absolute atomic E-state index is 11.8. The Kier molecular flexibility index (Phi) is 12.2. The van der Waals surface area contributed by atoms with Gasteiger partial charge in [-0.2, -0.15) is 0 Å². The van der Waals surface area contributed by atoms with Crippen LogP contribution in [0.4, 0.5) is 0 Å². The number of carbonyl (C=O) groups excluding carboxylic acids is 1. The monoisotopic (exact) mass is 564 g/mol. The Bertz CT molecular complexity index is 903. The summed E-state index contributed by atoms with van der Waals surface area (Å²) in [5, 5.41) is 9.34.